The first-order valence-corrected chi connectivity index (χ1v) is 9.99. The van der Waals surface area contributed by atoms with Gasteiger partial charge >= 0.3 is 29.6 Å². The molecule has 0 amide bonds. The Kier molecular flexibility index (Phi) is 8.77. The van der Waals surface area contributed by atoms with E-state index in [9.17, 15) is 9.90 Å². The third-order valence-electron chi connectivity index (χ3n) is 4.73. The zero-order valence-corrected chi connectivity index (χ0v) is 20.2. The van der Waals surface area contributed by atoms with E-state index in [1.807, 2.05) is 36.4 Å². The molecule has 0 aliphatic carbocycles. The first-order valence-electron chi connectivity index (χ1n) is 9.99. The minimum atomic E-state index is -1.36. The maximum atomic E-state index is 11.1. The fourth-order valence-corrected chi connectivity index (χ4v) is 3.10. The van der Waals surface area contributed by atoms with Gasteiger partial charge in [-0.3, -0.25) is 0 Å². The topological polar surface area (TPSA) is 78.6 Å². The molecule has 0 spiro atoms. The molecule has 1 aromatic heterocycles. The predicted octanol–water partition coefficient (Wildman–Crippen LogP) is 0.588. The maximum Gasteiger partial charge on any atom is 1.00 e. The van der Waals surface area contributed by atoms with Crippen molar-refractivity contribution in [2.24, 2.45) is 0 Å². The summed E-state index contributed by atoms with van der Waals surface area (Å²) >= 11 is 0. The van der Waals surface area contributed by atoms with Gasteiger partial charge in [-0.1, -0.05) is 31.2 Å². The fraction of sp³-hybridized carbons (Fsp3) is 0.391. The van der Waals surface area contributed by atoms with E-state index < -0.39 is 11.6 Å². The van der Waals surface area contributed by atoms with Crippen molar-refractivity contribution in [3.8, 4) is 5.75 Å². The van der Waals surface area contributed by atoms with E-state index in [1.54, 1.807) is 12.1 Å². The number of oxazole rings is 1. The van der Waals surface area contributed by atoms with Crippen molar-refractivity contribution < 1.29 is 48.6 Å². The summed E-state index contributed by atoms with van der Waals surface area (Å²) in [6, 6.07) is 16.0. The van der Waals surface area contributed by atoms with E-state index in [0.29, 0.717) is 11.8 Å². The fourth-order valence-electron chi connectivity index (χ4n) is 3.10. The number of carboxylic acids is 1. The Bertz CT molecular complexity index is 920. The summed E-state index contributed by atoms with van der Waals surface area (Å²) in [5.41, 5.74) is 1.48. The van der Waals surface area contributed by atoms with Crippen LogP contribution in [-0.4, -0.2) is 29.6 Å². The van der Waals surface area contributed by atoms with Crippen molar-refractivity contribution in [2.45, 2.75) is 45.6 Å². The van der Waals surface area contributed by atoms with Crippen LogP contribution in [0.2, 0.25) is 0 Å². The van der Waals surface area contributed by atoms with E-state index in [0.717, 1.165) is 49.0 Å². The first kappa shape index (κ1) is 24.3. The molecule has 0 saturated heterocycles. The second-order valence-electron chi connectivity index (χ2n) is 7.60. The van der Waals surface area contributed by atoms with Crippen molar-refractivity contribution in [1.82, 2.24) is 4.98 Å². The van der Waals surface area contributed by atoms with Gasteiger partial charge in [-0.15, -0.1) is 0 Å². The van der Waals surface area contributed by atoms with E-state index >= 15 is 0 Å². The van der Waals surface area contributed by atoms with Gasteiger partial charge in [0.05, 0.1) is 5.97 Å². The molecule has 0 radical (unpaired) electrons. The Morgan fingerprint density at radius 1 is 1.13 bits per heavy atom. The van der Waals surface area contributed by atoms with Crippen LogP contribution in [0.1, 0.15) is 39.2 Å². The zero-order valence-electron chi connectivity index (χ0n) is 18.2. The molecule has 0 N–H and O–H groups in total. The molecule has 6 nitrogen and oxygen atoms in total. The number of hydrogen-bond acceptors (Lipinski definition) is 6. The number of rotatable bonds is 10. The second kappa shape index (κ2) is 10.8. The van der Waals surface area contributed by atoms with E-state index in [1.165, 1.54) is 13.8 Å². The SMILES string of the molecule is CCCN(CCCc1ccc(OC(C)(C)C(=O)[O-])cc1)c1nc2ccccc2o1.[Na+]. The maximum absolute atomic E-state index is 11.1. The number of benzene rings is 2. The Balaban J connectivity index is 0.00000320. The van der Waals surface area contributed by atoms with Gasteiger partial charge in [-0.25, -0.2) is 0 Å². The molecule has 0 atom stereocenters. The van der Waals surface area contributed by atoms with Crippen LogP contribution in [-0.2, 0) is 11.2 Å². The number of hydrogen-bond donors (Lipinski definition) is 0. The van der Waals surface area contributed by atoms with Gasteiger partial charge in [0.25, 0.3) is 6.01 Å². The summed E-state index contributed by atoms with van der Waals surface area (Å²) in [6.07, 6.45) is 2.85. The summed E-state index contributed by atoms with van der Waals surface area (Å²) in [6.45, 7) is 6.83. The molecule has 0 unspecified atom stereocenters. The third-order valence-corrected chi connectivity index (χ3v) is 4.73. The first-order chi connectivity index (χ1) is 13.9. The van der Waals surface area contributed by atoms with Gasteiger partial charge in [0.2, 0.25) is 0 Å². The largest absolute Gasteiger partial charge is 1.00 e. The number of fused-ring (bicyclic) bond motifs is 1. The molecule has 0 aliphatic rings. The normalized spacial score (nSPS) is 11.2. The quantitative estimate of drug-likeness (QED) is 0.449. The summed E-state index contributed by atoms with van der Waals surface area (Å²) in [5, 5.41) is 11.1. The summed E-state index contributed by atoms with van der Waals surface area (Å²) in [7, 11) is 0. The van der Waals surface area contributed by atoms with Crippen molar-refractivity contribution in [3.05, 3.63) is 54.1 Å². The van der Waals surface area contributed by atoms with E-state index in [2.05, 4.69) is 16.8 Å². The number of aryl methyl sites for hydroxylation is 1. The molecular formula is C23H27N2NaO4. The number of anilines is 1. The van der Waals surface area contributed by atoms with Crippen LogP contribution in [0.3, 0.4) is 0 Å². The van der Waals surface area contributed by atoms with E-state index in [-0.39, 0.29) is 29.6 Å². The average Bonchev–Trinajstić information content (AvgIpc) is 3.12. The minimum absolute atomic E-state index is 0. The van der Waals surface area contributed by atoms with Crippen molar-refractivity contribution in [1.29, 1.82) is 0 Å². The number of aromatic nitrogens is 1. The Morgan fingerprint density at radius 3 is 2.47 bits per heavy atom. The molecule has 2 aromatic carbocycles. The Morgan fingerprint density at radius 2 is 1.83 bits per heavy atom. The third kappa shape index (κ3) is 6.24. The molecule has 0 aliphatic heterocycles. The summed E-state index contributed by atoms with van der Waals surface area (Å²) in [5.74, 6) is -0.723. The molecule has 1 heterocycles. The molecule has 0 fully saturated rings. The molecular weight excluding hydrogens is 391 g/mol. The van der Waals surface area contributed by atoms with Crippen LogP contribution in [0.15, 0.2) is 52.9 Å². The summed E-state index contributed by atoms with van der Waals surface area (Å²) < 4.78 is 11.4. The van der Waals surface area contributed by atoms with Gasteiger partial charge in [-0.2, -0.15) is 4.98 Å². The monoisotopic (exact) mass is 418 g/mol. The van der Waals surface area contributed by atoms with Crippen LogP contribution in [0, 0.1) is 0 Å². The number of carbonyl (C=O) groups excluding carboxylic acids is 1. The predicted molar refractivity (Wildman–Crippen MR) is 111 cm³/mol. The van der Waals surface area contributed by atoms with Gasteiger partial charge < -0.3 is 24.0 Å². The van der Waals surface area contributed by atoms with Crippen LogP contribution in [0.4, 0.5) is 6.01 Å². The number of para-hydroxylation sites is 2. The molecule has 0 bridgehead atoms. The van der Waals surface area contributed by atoms with Crippen LogP contribution in [0.5, 0.6) is 5.75 Å². The molecule has 30 heavy (non-hydrogen) atoms. The Hall–Kier alpha value is -2.02. The van der Waals surface area contributed by atoms with Gasteiger partial charge in [-0.05, 0) is 62.9 Å². The number of carboxylic acid groups (broad SMARTS) is 1. The van der Waals surface area contributed by atoms with Crippen LogP contribution >= 0.6 is 0 Å². The average molecular weight is 418 g/mol. The number of carbonyl (C=O) groups is 1. The van der Waals surface area contributed by atoms with Crippen molar-refractivity contribution in [2.75, 3.05) is 18.0 Å². The Labute approximate surface area is 199 Å². The van der Waals surface area contributed by atoms with Gasteiger partial charge in [0, 0.05) is 13.1 Å². The van der Waals surface area contributed by atoms with Gasteiger partial charge in [0.1, 0.15) is 16.9 Å². The number of ether oxygens (including phenoxy) is 1. The molecule has 154 valence electrons. The van der Waals surface area contributed by atoms with E-state index in [4.69, 9.17) is 9.15 Å². The van der Waals surface area contributed by atoms with Crippen LogP contribution < -0.4 is 44.3 Å². The minimum Gasteiger partial charge on any atom is -0.546 e. The molecule has 3 rings (SSSR count). The zero-order chi connectivity index (χ0) is 20.9. The van der Waals surface area contributed by atoms with Crippen molar-refractivity contribution in [3.63, 3.8) is 0 Å². The standard InChI is InChI=1S/C23H28N2O4.Na/c1-4-15-25(22-24-19-9-5-6-10-20(19)28-22)16-7-8-17-11-13-18(14-12-17)29-23(2,3)21(26)27;/h5-6,9-14H,4,7-8,15-16H2,1-3H3,(H,26,27);/q;+1/p-1. The molecule has 7 heteroatoms. The van der Waals surface area contributed by atoms with Crippen LogP contribution in [0.25, 0.3) is 11.1 Å². The summed E-state index contributed by atoms with van der Waals surface area (Å²) in [4.78, 5) is 17.9. The molecule has 0 saturated carbocycles. The van der Waals surface area contributed by atoms with Crippen molar-refractivity contribution >= 4 is 23.1 Å². The second-order valence-corrected chi connectivity index (χ2v) is 7.60. The number of nitrogens with zero attached hydrogens (tertiary/aromatic N) is 2. The number of aliphatic carboxylic acids is 1. The van der Waals surface area contributed by atoms with Gasteiger partial charge in [0.15, 0.2) is 5.58 Å². The molecule has 3 aromatic rings. The smallest absolute Gasteiger partial charge is 0.546 e.